The van der Waals surface area contributed by atoms with Gasteiger partial charge >= 0.3 is 0 Å². The third kappa shape index (κ3) is 5.97. The number of hydrogen-bond acceptors (Lipinski definition) is 4. The summed E-state index contributed by atoms with van der Waals surface area (Å²) in [6.45, 7) is 13.4. The van der Waals surface area contributed by atoms with E-state index in [0.29, 0.717) is 11.4 Å². The van der Waals surface area contributed by atoms with Crippen LogP contribution >= 0.6 is 0 Å². The van der Waals surface area contributed by atoms with Crippen molar-refractivity contribution in [2.24, 2.45) is 0 Å². The molecule has 0 saturated heterocycles. The van der Waals surface area contributed by atoms with Crippen LogP contribution < -0.4 is 0 Å². The molecule has 5 heteroatoms. The van der Waals surface area contributed by atoms with Crippen LogP contribution in [0.5, 0.6) is 5.75 Å². The monoisotopic (exact) mass is 717 g/mol. The lowest BCUT2D eigenvalue weighted by atomic mass is 9.83. The zero-order valence-electron chi connectivity index (χ0n) is 32.1. The quantitative estimate of drug-likeness (QED) is 0.192. The van der Waals surface area contributed by atoms with E-state index >= 15 is 0 Å². The molecular weight excluding hydrogens is 675 g/mol. The topological polar surface area (TPSA) is 64.1 Å². The Morgan fingerprint density at radius 3 is 2.05 bits per heavy atom. The Kier molecular flexibility index (Phi) is 8.01. The lowest BCUT2D eigenvalue weighted by Crippen LogP contribution is -2.12. The van der Waals surface area contributed by atoms with Crippen molar-refractivity contribution in [2.75, 3.05) is 0 Å². The number of rotatable bonds is 5. The third-order valence-corrected chi connectivity index (χ3v) is 10.7. The van der Waals surface area contributed by atoms with Crippen molar-refractivity contribution in [3.05, 3.63) is 157 Å². The summed E-state index contributed by atoms with van der Waals surface area (Å²) in [5.74, 6) is 0.845. The minimum Gasteiger partial charge on any atom is -0.507 e. The van der Waals surface area contributed by atoms with Gasteiger partial charge in [-0.15, -0.1) is 0 Å². The Balaban J connectivity index is 1.33. The van der Waals surface area contributed by atoms with Gasteiger partial charge in [0.2, 0.25) is 0 Å². The lowest BCUT2D eigenvalue weighted by Gasteiger charge is -2.23. The molecule has 0 amide bonds. The number of hydrogen-bond donors (Lipinski definition) is 1. The number of phenols is 1. The molecule has 0 spiro atoms. The van der Waals surface area contributed by atoms with Crippen LogP contribution in [-0.2, 0) is 10.8 Å². The average molecular weight is 718 g/mol. The first kappa shape index (κ1) is 34.3. The Morgan fingerprint density at radius 1 is 0.564 bits per heavy atom. The number of aromatic hydroxyl groups is 1. The molecule has 6 aromatic carbocycles. The van der Waals surface area contributed by atoms with Gasteiger partial charge in [-0.3, -0.25) is 9.55 Å². The van der Waals surface area contributed by atoms with Crippen LogP contribution in [0, 0.1) is 0 Å². The van der Waals surface area contributed by atoms with Gasteiger partial charge in [0.1, 0.15) is 22.9 Å². The van der Waals surface area contributed by atoms with Crippen LogP contribution in [0.4, 0.5) is 0 Å². The highest BCUT2D eigenvalue weighted by molar-refractivity contribution is 6.09. The minimum atomic E-state index is -0.153. The fraction of sp³-hybridized carbons (Fsp3) is 0.160. The third-order valence-electron chi connectivity index (χ3n) is 10.7. The first-order valence-electron chi connectivity index (χ1n) is 18.9. The maximum Gasteiger partial charge on any atom is 0.161 e. The smallest absolute Gasteiger partial charge is 0.161 e. The molecule has 0 aliphatic carbocycles. The fourth-order valence-corrected chi connectivity index (χ4v) is 7.68. The second-order valence-corrected chi connectivity index (χ2v) is 16.5. The van der Waals surface area contributed by atoms with Crippen LogP contribution in [0.3, 0.4) is 0 Å². The molecule has 9 rings (SSSR count). The van der Waals surface area contributed by atoms with Crippen LogP contribution in [0.15, 0.2) is 150 Å². The Bertz CT molecular complexity index is 2900. The summed E-state index contributed by atoms with van der Waals surface area (Å²) in [5, 5.41) is 13.5. The second kappa shape index (κ2) is 12.8. The summed E-state index contributed by atoms with van der Waals surface area (Å²) in [7, 11) is 0. The number of benzene rings is 6. The zero-order valence-corrected chi connectivity index (χ0v) is 32.1. The van der Waals surface area contributed by atoms with Crippen molar-refractivity contribution < 1.29 is 9.52 Å². The van der Waals surface area contributed by atoms with Crippen LogP contribution in [0.25, 0.3) is 83.6 Å². The summed E-state index contributed by atoms with van der Waals surface area (Å²) in [5.41, 5.74) is 13.3. The van der Waals surface area contributed by atoms with Crippen LogP contribution in [0.1, 0.15) is 52.7 Å². The van der Waals surface area contributed by atoms with E-state index < -0.39 is 0 Å². The number of imidazole rings is 1. The van der Waals surface area contributed by atoms with Gasteiger partial charge in [-0.1, -0.05) is 126 Å². The summed E-state index contributed by atoms with van der Waals surface area (Å²) in [4.78, 5) is 10.4. The molecule has 0 aliphatic rings. The Labute approximate surface area is 321 Å². The number of nitrogens with zero attached hydrogens (tertiary/aromatic N) is 3. The molecule has 3 aromatic heterocycles. The molecule has 9 aromatic rings. The van der Waals surface area contributed by atoms with Gasteiger partial charge in [-0.2, -0.15) is 0 Å². The molecular formula is C50H43N3O2. The van der Waals surface area contributed by atoms with Gasteiger partial charge in [0.05, 0.1) is 22.3 Å². The number of fused-ring (bicyclic) bond motifs is 4. The summed E-state index contributed by atoms with van der Waals surface area (Å²) < 4.78 is 8.70. The van der Waals surface area contributed by atoms with E-state index in [9.17, 15) is 5.11 Å². The van der Waals surface area contributed by atoms with Gasteiger partial charge in [-0.25, -0.2) is 4.98 Å². The largest absolute Gasteiger partial charge is 0.507 e. The molecule has 3 heterocycles. The van der Waals surface area contributed by atoms with Gasteiger partial charge < -0.3 is 9.52 Å². The molecule has 1 N–H and O–H groups in total. The van der Waals surface area contributed by atoms with E-state index in [1.165, 1.54) is 11.1 Å². The van der Waals surface area contributed by atoms with Crippen LogP contribution in [-0.4, -0.2) is 19.6 Å². The first-order valence-corrected chi connectivity index (χ1v) is 18.9. The van der Waals surface area contributed by atoms with Crippen LogP contribution in [0.2, 0.25) is 0 Å². The van der Waals surface area contributed by atoms with E-state index in [2.05, 4.69) is 131 Å². The van der Waals surface area contributed by atoms with Crippen molar-refractivity contribution in [3.63, 3.8) is 0 Å². The van der Waals surface area contributed by atoms with E-state index in [-0.39, 0.29) is 16.6 Å². The second-order valence-electron chi connectivity index (χ2n) is 16.5. The average Bonchev–Trinajstić information content (AvgIpc) is 3.76. The number of aromatic nitrogens is 3. The molecule has 0 bridgehead atoms. The molecule has 270 valence electrons. The predicted molar refractivity (Wildman–Crippen MR) is 227 cm³/mol. The zero-order chi connectivity index (χ0) is 38.1. The van der Waals surface area contributed by atoms with Gasteiger partial charge in [0.15, 0.2) is 5.58 Å². The van der Waals surface area contributed by atoms with Crippen molar-refractivity contribution in [2.45, 2.75) is 52.4 Å². The van der Waals surface area contributed by atoms with E-state index in [4.69, 9.17) is 14.4 Å². The molecule has 0 aliphatic heterocycles. The van der Waals surface area contributed by atoms with E-state index in [0.717, 1.165) is 72.2 Å². The molecule has 0 fully saturated rings. The normalized spacial score (nSPS) is 12.3. The molecule has 0 unspecified atom stereocenters. The highest BCUT2D eigenvalue weighted by Crippen LogP contribution is 2.43. The molecule has 0 saturated carbocycles. The first-order chi connectivity index (χ1) is 26.5. The van der Waals surface area contributed by atoms with Crippen molar-refractivity contribution in [1.29, 1.82) is 0 Å². The summed E-state index contributed by atoms with van der Waals surface area (Å²) >= 11 is 0. The van der Waals surface area contributed by atoms with Crippen molar-refractivity contribution in [1.82, 2.24) is 14.5 Å². The number of para-hydroxylation sites is 3. The predicted octanol–water partition coefficient (Wildman–Crippen LogP) is 13.3. The molecule has 0 radical (unpaired) electrons. The number of phenolic OH excluding ortho intramolecular Hbond substituents is 1. The lowest BCUT2D eigenvalue weighted by molar-refractivity contribution is 0.477. The minimum absolute atomic E-state index is 0.0515. The molecule has 0 atom stereocenters. The highest BCUT2D eigenvalue weighted by atomic mass is 16.3. The molecule has 5 nitrogen and oxygen atoms in total. The summed E-state index contributed by atoms with van der Waals surface area (Å²) in [6.07, 6.45) is 1.87. The number of furan rings is 1. The maximum absolute atomic E-state index is 11.3. The van der Waals surface area contributed by atoms with E-state index in [1.54, 1.807) is 6.07 Å². The number of pyridine rings is 1. The fourth-order valence-electron chi connectivity index (χ4n) is 7.68. The van der Waals surface area contributed by atoms with Crippen molar-refractivity contribution >= 4 is 33.0 Å². The van der Waals surface area contributed by atoms with Gasteiger partial charge in [0.25, 0.3) is 0 Å². The maximum atomic E-state index is 11.3. The van der Waals surface area contributed by atoms with Gasteiger partial charge in [-0.05, 0) is 87.7 Å². The Morgan fingerprint density at radius 2 is 1.27 bits per heavy atom. The highest BCUT2D eigenvalue weighted by Gasteiger charge is 2.25. The van der Waals surface area contributed by atoms with Gasteiger partial charge in [0, 0.05) is 33.7 Å². The Hall–Kier alpha value is -6.46. The summed E-state index contributed by atoms with van der Waals surface area (Å²) in [6, 6.07) is 48.0. The van der Waals surface area contributed by atoms with Crippen molar-refractivity contribution in [3.8, 4) is 56.3 Å². The standard InChI is InChI=1S/C50H43N3O2/c1-49(2,3)34-23-24-41(40(30-34)31-15-8-7-9-16-31)53-42-20-14-19-36(46(42)52-48(53)39-18-10-12-21-43(39)54)32-27-33(29-35(28-32)50(4,5)6)45-47-38(25-26-51-45)37-17-11-13-22-44(37)55-47/h7-30,54H,1-6H3. The molecule has 55 heavy (non-hydrogen) atoms. The van der Waals surface area contributed by atoms with E-state index in [1.807, 2.05) is 54.7 Å². The SMILES string of the molecule is CC(C)(C)c1cc(-c2cccc3c2nc(-c2ccccc2O)n3-c2ccc(C(C)(C)C)cc2-c2ccccc2)cc(-c2nccc3c2oc2ccccc23)c1.